The van der Waals surface area contributed by atoms with Gasteiger partial charge in [0.15, 0.2) is 0 Å². The molecule has 5 nitrogen and oxygen atoms in total. The summed E-state index contributed by atoms with van der Waals surface area (Å²) in [5.74, 6) is -1.29. The standard InChI is InChI=1S/C11H10N2O3/c1-2-13-8-6-4-3-5-7(8)10(14)9(12-13)11(15)16/h3-6H,2H2,1H3,(H,15,16). The Kier molecular flexibility index (Phi) is 2.44. The minimum Gasteiger partial charge on any atom is -0.476 e. The van der Waals surface area contributed by atoms with Crippen molar-refractivity contribution in [1.29, 1.82) is 0 Å². The maximum absolute atomic E-state index is 11.8. The van der Waals surface area contributed by atoms with Crippen LogP contribution >= 0.6 is 0 Å². The summed E-state index contributed by atoms with van der Waals surface area (Å²) in [7, 11) is 0. The molecular weight excluding hydrogens is 208 g/mol. The molecule has 0 fully saturated rings. The highest BCUT2D eigenvalue weighted by Gasteiger charge is 2.15. The predicted molar refractivity (Wildman–Crippen MR) is 58.6 cm³/mol. The van der Waals surface area contributed by atoms with Gasteiger partial charge in [-0.05, 0) is 19.1 Å². The van der Waals surface area contributed by atoms with Crippen molar-refractivity contribution in [3.05, 3.63) is 40.2 Å². The molecule has 0 amide bonds. The van der Waals surface area contributed by atoms with Crippen molar-refractivity contribution in [2.24, 2.45) is 0 Å². The Labute approximate surface area is 90.9 Å². The van der Waals surface area contributed by atoms with Crippen LogP contribution < -0.4 is 5.43 Å². The Balaban J connectivity index is 2.94. The van der Waals surface area contributed by atoms with Crippen molar-refractivity contribution in [2.75, 3.05) is 0 Å². The van der Waals surface area contributed by atoms with Crippen molar-refractivity contribution >= 4 is 16.9 Å². The lowest BCUT2D eigenvalue weighted by Crippen LogP contribution is -2.22. The van der Waals surface area contributed by atoms with Crippen LogP contribution in [0.1, 0.15) is 17.4 Å². The van der Waals surface area contributed by atoms with Crippen LogP contribution in [0, 0.1) is 0 Å². The maximum Gasteiger partial charge on any atom is 0.360 e. The number of aryl methyl sites for hydroxylation is 1. The van der Waals surface area contributed by atoms with Gasteiger partial charge < -0.3 is 5.11 Å². The minimum atomic E-state index is -1.29. The molecule has 0 atom stereocenters. The maximum atomic E-state index is 11.8. The van der Waals surface area contributed by atoms with Crippen molar-refractivity contribution in [3.8, 4) is 0 Å². The number of carboxylic acids is 1. The molecule has 1 aromatic heterocycles. The molecule has 5 heteroatoms. The molecule has 0 radical (unpaired) electrons. The van der Waals surface area contributed by atoms with E-state index < -0.39 is 17.1 Å². The van der Waals surface area contributed by atoms with Crippen LogP contribution in [0.2, 0.25) is 0 Å². The van der Waals surface area contributed by atoms with Gasteiger partial charge in [0.1, 0.15) is 0 Å². The number of fused-ring (bicyclic) bond motifs is 1. The van der Waals surface area contributed by atoms with Crippen molar-refractivity contribution < 1.29 is 9.90 Å². The van der Waals surface area contributed by atoms with Crippen molar-refractivity contribution in [2.45, 2.75) is 13.5 Å². The van der Waals surface area contributed by atoms with Gasteiger partial charge in [-0.3, -0.25) is 9.48 Å². The molecule has 0 saturated heterocycles. The molecule has 2 rings (SSSR count). The molecule has 0 aliphatic heterocycles. The van der Waals surface area contributed by atoms with E-state index in [-0.39, 0.29) is 0 Å². The number of aromatic carboxylic acids is 1. The third kappa shape index (κ3) is 1.46. The molecule has 0 spiro atoms. The number of rotatable bonds is 2. The van der Waals surface area contributed by atoms with E-state index in [0.717, 1.165) is 0 Å². The first-order valence-electron chi connectivity index (χ1n) is 4.88. The fraction of sp³-hybridized carbons (Fsp3) is 0.182. The summed E-state index contributed by atoms with van der Waals surface area (Å²) in [4.78, 5) is 22.6. The zero-order valence-electron chi connectivity index (χ0n) is 8.67. The van der Waals surface area contributed by atoms with Crippen LogP contribution in [-0.4, -0.2) is 20.9 Å². The van der Waals surface area contributed by atoms with Crippen molar-refractivity contribution in [1.82, 2.24) is 9.78 Å². The van der Waals surface area contributed by atoms with Crippen LogP contribution in [0.5, 0.6) is 0 Å². The normalized spacial score (nSPS) is 10.6. The summed E-state index contributed by atoms with van der Waals surface area (Å²) >= 11 is 0. The van der Waals surface area contributed by atoms with E-state index in [1.165, 1.54) is 4.68 Å². The smallest absolute Gasteiger partial charge is 0.360 e. The van der Waals surface area contributed by atoms with E-state index in [0.29, 0.717) is 17.4 Å². The molecule has 16 heavy (non-hydrogen) atoms. The minimum absolute atomic E-state index is 0.386. The lowest BCUT2D eigenvalue weighted by atomic mass is 10.2. The Hall–Kier alpha value is -2.17. The molecule has 0 aliphatic rings. The number of para-hydroxylation sites is 1. The number of nitrogens with zero attached hydrogens (tertiary/aromatic N) is 2. The molecule has 1 N–H and O–H groups in total. The summed E-state index contributed by atoms with van der Waals surface area (Å²) in [5, 5.41) is 13.1. The second-order valence-electron chi connectivity index (χ2n) is 3.32. The van der Waals surface area contributed by atoms with E-state index in [4.69, 9.17) is 5.11 Å². The second kappa shape index (κ2) is 3.77. The monoisotopic (exact) mass is 218 g/mol. The van der Waals surface area contributed by atoms with E-state index in [2.05, 4.69) is 5.10 Å². The predicted octanol–water partition coefficient (Wildman–Crippen LogP) is 1.11. The van der Waals surface area contributed by atoms with E-state index in [1.54, 1.807) is 24.3 Å². The van der Waals surface area contributed by atoms with Gasteiger partial charge in [0.25, 0.3) is 0 Å². The number of benzene rings is 1. The van der Waals surface area contributed by atoms with Crippen molar-refractivity contribution in [3.63, 3.8) is 0 Å². The van der Waals surface area contributed by atoms with E-state index >= 15 is 0 Å². The number of hydrogen-bond donors (Lipinski definition) is 1. The summed E-state index contributed by atoms with van der Waals surface area (Å²) in [5.41, 5.74) is -0.312. The SMILES string of the molecule is CCn1nc(C(=O)O)c(=O)c2ccccc21. The first-order valence-corrected chi connectivity index (χ1v) is 4.88. The topological polar surface area (TPSA) is 72.2 Å². The molecule has 2 aromatic rings. The highest BCUT2D eigenvalue weighted by atomic mass is 16.4. The molecule has 0 saturated carbocycles. The Morgan fingerprint density at radius 1 is 1.44 bits per heavy atom. The van der Waals surface area contributed by atoms with Gasteiger partial charge in [0.05, 0.1) is 5.52 Å². The molecule has 0 bridgehead atoms. The lowest BCUT2D eigenvalue weighted by molar-refractivity contribution is 0.0686. The fourth-order valence-corrected chi connectivity index (χ4v) is 1.62. The van der Waals surface area contributed by atoms with Gasteiger partial charge in [0, 0.05) is 11.9 Å². The van der Waals surface area contributed by atoms with Crippen LogP contribution in [0.25, 0.3) is 10.9 Å². The average Bonchev–Trinajstić information content (AvgIpc) is 2.29. The molecule has 0 unspecified atom stereocenters. The Morgan fingerprint density at radius 2 is 2.12 bits per heavy atom. The number of carbonyl (C=O) groups is 1. The molecular formula is C11H10N2O3. The summed E-state index contributed by atoms with van der Waals surface area (Å²) < 4.78 is 1.51. The average molecular weight is 218 g/mol. The Bertz CT molecular complexity index is 616. The summed E-state index contributed by atoms with van der Waals surface area (Å²) in [6.45, 7) is 2.36. The molecule has 82 valence electrons. The number of carboxylic acid groups (broad SMARTS) is 1. The lowest BCUT2D eigenvalue weighted by Gasteiger charge is -2.07. The van der Waals surface area contributed by atoms with Gasteiger partial charge in [-0.15, -0.1) is 0 Å². The zero-order valence-corrected chi connectivity index (χ0v) is 8.67. The fourth-order valence-electron chi connectivity index (χ4n) is 1.62. The van der Waals surface area contributed by atoms with Crippen LogP contribution in [0.3, 0.4) is 0 Å². The molecule has 0 aliphatic carbocycles. The van der Waals surface area contributed by atoms with Crippen LogP contribution in [0.15, 0.2) is 29.1 Å². The van der Waals surface area contributed by atoms with E-state index in [1.807, 2.05) is 6.92 Å². The first-order chi connectivity index (χ1) is 7.65. The highest BCUT2D eigenvalue weighted by molar-refractivity contribution is 5.90. The highest BCUT2D eigenvalue weighted by Crippen LogP contribution is 2.09. The second-order valence-corrected chi connectivity index (χ2v) is 3.32. The van der Waals surface area contributed by atoms with Gasteiger partial charge in [-0.2, -0.15) is 5.10 Å². The summed E-state index contributed by atoms with van der Waals surface area (Å²) in [6.07, 6.45) is 0. The molecule has 1 heterocycles. The Morgan fingerprint density at radius 3 is 2.75 bits per heavy atom. The third-order valence-corrected chi connectivity index (χ3v) is 2.36. The quantitative estimate of drug-likeness (QED) is 0.819. The largest absolute Gasteiger partial charge is 0.476 e. The zero-order chi connectivity index (χ0) is 11.7. The van der Waals surface area contributed by atoms with Crippen LogP contribution in [0.4, 0.5) is 0 Å². The molecule has 1 aromatic carbocycles. The summed E-state index contributed by atoms with van der Waals surface area (Å²) in [6, 6.07) is 6.85. The third-order valence-electron chi connectivity index (χ3n) is 2.36. The van der Waals surface area contributed by atoms with Gasteiger partial charge >= 0.3 is 5.97 Å². The van der Waals surface area contributed by atoms with Crippen LogP contribution in [-0.2, 0) is 6.54 Å². The van der Waals surface area contributed by atoms with Gasteiger partial charge in [0.2, 0.25) is 11.1 Å². The van der Waals surface area contributed by atoms with Gasteiger partial charge in [-0.25, -0.2) is 4.79 Å². The van der Waals surface area contributed by atoms with E-state index in [9.17, 15) is 9.59 Å². The van der Waals surface area contributed by atoms with Gasteiger partial charge in [-0.1, -0.05) is 12.1 Å². The first kappa shape index (κ1) is 10.4. The number of hydrogen-bond acceptors (Lipinski definition) is 3. The number of aromatic nitrogens is 2.